The van der Waals surface area contributed by atoms with Crippen LogP contribution in [0, 0.1) is 20.2 Å². The van der Waals surface area contributed by atoms with Crippen LogP contribution in [-0.4, -0.2) is 22.9 Å². The van der Waals surface area contributed by atoms with Gasteiger partial charge in [0.2, 0.25) is 0 Å². The highest BCUT2D eigenvalue weighted by molar-refractivity contribution is 5.69. The molecule has 0 aliphatic carbocycles. The molecule has 0 N–H and O–H groups in total. The average molecular weight is 358 g/mol. The number of azo groups is 1. The highest BCUT2D eigenvalue weighted by Gasteiger charge is 2.19. The van der Waals surface area contributed by atoms with Gasteiger partial charge in [-0.25, -0.2) is 0 Å². The molecule has 2 rings (SSSR count). The van der Waals surface area contributed by atoms with Gasteiger partial charge in [0.25, 0.3) is 5.69 Å². The standard InChI is InChI=1S/C16H14N4O6/c1-26-16(21)8-5-11-3-2-4-12(9-11)17-18-14-7-6-13(19(22)23)10-15(14)20(24)25/h2-4,6-7,9-10H,5,8H2,1H3. The van der Waals surface area contributed by atoms with Gasteiger partial charge in [-0.05, 0) is 30.2 Å². The van der Waals surface area contributed by atoms with Gasteiger partial charge in [0.15, 0.2) is 5.69 Å². The second-order valence-electron chi connectivity index (χ2n) is 5.13. The number of hydrogen-bond donors (Lipinski definition) is 0. The molecule has 10 heteroatoms. The van der Waals surface area contributed by atoms with Crippen LogP contribution < -0.4 is 0 Å². The summed E-state index contributed by atoms with van der Waals surface area (Å²) in [6.45, 7) is 0. The van der Waals surface area contributed by atoms with Gasteiger partial charge in [0, 0.05) is 12.5 Å². The zero-order valence-corrected chi connectivity index (χ0v) is 13.7. The summed E-state index contributed by atoms with van der Waals surface area (Å²) >= 11 is 0. The zero-order valence-electron chi connectivity index (χ0n) is 13.7. The zero-order chi connectivity index (χ0) is 19.1. The molecule has 0 saturated carbocycles. The van der Waals surface area contributed by atoms with E-state index < -0.39 is 21.2 Å². The summed E-state index contributed by atoms with van der Waals surface area (Å²) in [4.78, 5) is 31.5. The van der Waals surface area contributed by atoms with Crippen molar-refractivity contribution in [2.24, 2.45) is 10.2 Å². The van der Waals surface area contributed by atoms with Gasteiger partial charge < -0.3 is 4.74 Å². The van der Waals surface area contributed by atoms with Crippen molar-refractivity contribution in [3.63, 3.8) is 0 Å². The van der Waals surface area contributed by atoms with Crippen molar-refractivity contribution in [3.8, 4) is 0 Å². The molecule has 0 amide bonds. The minimum atomic E-state index is -0.756. The Kier molecular flexibility index (Phi) is 6.04. The fraction of sp³-hybridized carbons (Fsp3) is 0.188. The van der Waals surface area contributed by atoms with Crippen LogP contribution in [0.5, 0.6) is 0 Å². The van der Waals surface area contributed by atoms with Crippen LogP contribution in [-0.2, 0) is 16.0 Å². The average Bonchev–Trinajstić information content (AvgIpc) is 2.64. The smallest absolute Gasteiger partial charge is 0.305 e. The summed E-state index contributed by atoms with van der Waals surface area (Å²) in [5, 5.41) is 29.6. The molecule has 2 aromatic carbocycles. The minimum absolute atomic E-state index is 0.0967. The van der Waals surface area contributed by atoms with Crippen LogP contribution in [0.4, 0.5) is 22.7 Å². The molecule has 26 heavy (non-hydrogen) atoms. The van der Waals surface area contributed by atoms with Gasteiger partial charge in [-0.1, -0.05) is 12.1 Å². The predicted octanol–water partition coefficient (Wildman–Crippen LogP) is 4.02. The normalized spacial score (nSPS) is 10.7. The predicted molar refractivity (Wildman–Crippen MR) is 90.7 cm³/mol. The van der Waals surface area contributed by atoms with E-state index in [0.717, 1.165) is 17.7 Å². The molecule has 0 unspecified atom stereocenters. The van der Waals surface area contributed by atoms with Crippen molar-refractivity contribution >= 4 is 28.7 Å². The van der Waals surface area contributed by atoms with Crippen molar-refractivity contribution in [3.05, 3.63) is 68.3 Å². The second kappa shape index (κ2) is 8.42. The van der Waals surface area contributed by atoms with E-state index in [2.05, 4.69) is 15.0 Å². The first-order chi connectivity index (χ1) is 12.4. The molecule has 0 heterocycles. The number of rotatable bonds is 7. The molecule has 0 spiro atoms. The van der Waals surface area contributed by atoms with Gasteiger partial charge in [0.05, 0.1) is 28.7 Å². The van der Waals surface area contributed by atoms with E-state index in [1.54, 1.807) is 24.3 Å². The summed E-state index contributed by atoms with van der Waals surface area (Å²) in [5.41, 5.74) is 0.246. The number of carbonyl (C=O) groups is 1. The third kappa shape index (κ3) is 4.90. The maximum absolute atomic E-state index is 11.2. The first kappa shape index (κ1) is 18.6. The molecule has 0 aromatic heterocycles. The minimum Gasteiger partial charge on any atom is -0.469 e. The Morgan fingerprint density at radius 3 is 2.50 bits per heavy atom. The third-order valence-electron chi connectivity index (χ3n) is 3.40. The number of ether oxygens (including phenoxy) is 1. The molecule has 0 fully saturated rings. The largest absolute Gasteiger partial charge is 0.469 e. The van der Waals surface area contributed by atoms with Crippen molar-refractivity contribution in [2.75, 3.05) is 7.11 Å². The van der Waals surface area contributed by atoms with E-state index in [9.17, 15) is 25.0 Å². The number of carbonyl (C=O) groups excluding carboxylic acids is 1. The SMILES string of the molecule is COC(=O)CCc1cccc(N=Nc2ccc([N+](=O)[O-])cc2[N+](=O)[O-])c1. The highest BCUT2D eigenvalue weighted by Crippen LogP contribution is 2.32. The van der Waals surface area contributed by atoms with Gasteiger partial charge in [0.1, 0.15) is 0 Å². The lowest BCUT2D eigenvalue weighted by Gasteiger charge is -2.01. The maximum Gasteiger partial charge on any atom is 0.305 e. The highest BCUT2D eigenvalue weighted by atomic mass is 16.6. The quantitative estimate of drug-likeness (QED) is 0.317. The molecule has 134 valence electrons. The van der Waals surface area contributed by atoms with E-state index in [1.807, 2.05) is 0 Å². The lowest BCUT2D eigenvalue weighted by Crippen LogP contribution is -2.01. The summed E-state index contributed by atoms with van der Waals surface area (Å²) in [5.74, 6) is -0.335. The van der Waals surface area contributed by atoms with E-state index >= 15 is 0 Å². The first-order valence-electron chi connectivity index (χ1n) is 7.41. The number of hydrogen-bond acceptors (Lipinski definition) is 8. The fourth-order valence-electron chi connectivity index (χ4n) is 2.09. The molecule has 0 aliphatic rings. The van der Waals surface area contributed by atoms with E-state index in [4.69, 9.17) is 0 Å². The van der Waals surface area contributed by atoms with Crippen LogP contribution in [0.3, 0.4) is 0 Å². The molecule has 0 atom stereocenters. The number of nitrogens with zero attached hydrogens (tertiary/aromatic N) is 4. The summed E-state index contributed by atoms with van der Waals surface area (Å²) in [6.07, 6.45) is 0.665. The van der Waals surface area contributed by atoms with Crippen molar-refractivity contribution in [1.82, 2.24) is 0 Å². The van der Waals surface area contributed by atoms with Crippen molar-refractivity contribution in [2.45, 2.75) is 12.8 Å². The Morgan fingerprint density at radius 1 is 1.08 bits per heavy atom. The van der Waals surface area contributed by atoms with Crippen LogP contribution in [0.1, 0.15) is 12.0 Å². The van der Waals surface area contributed by atoms with Crippen molar-refractivity contribution in [1.29, 1.82) is 0 Å². The Labute approximate surface area is 147 Å². The Balaban J connectivity index is 2.23. The molecular formula is C16H14N4O6. The summed E-state index contributed by atoms with van der Waals surface area (Å²) < 4.78 is 4.58. The monoisotopic (exact) mass is 358 g/mol. The summed E-state index contributed by atoms with van der Waals surface area (Å²) in [6, 6.07) is 9.96. The molecule has 10 nitrogen and oxygen atoms in total. The topological polar surface area (TPSA) is 137 Å². The number of benzene rings is 2. The molecule has 0 bridgehead atoms. The van der Waals surface area contributed by atoms with E-state index in [-0.39, 0.29) is 18.1 Å². The van der Waals surface area contributed by atoms with Gasteiger partial charge >= 0.3 is 11.7 Å². The number of nitro groups is 2. The molecule has 0 saturated heterocycles. The van der Waals surface area contributed by atoms with E-state index in [0.29, 0.717) is 12.1 Å². The Morgan fingerprint density at radius 2 is 1.85 bits per heavy atom. The number of methoxy groups -OCH3 is 1. The van der Waals surface area contributed by atoms with Crippen LogP contribution in [0.2, 0.25) is 0 Å². The summed E-state index contributed by atoms with van der Waals surface area (Å²) in [7, 11) is 1.31. The third-order valence-corrected chi connectivity index (χ3v) is 3.40. The van der Waals surface area contributed by atoms with Crippen LogP contribution >= 0.6 is 0 Å². The van der Waals surface area contributed by atoms with Gasteiger partial charge in [-0.2, -0.15) is 5.11 Å². The van der Waals surface area contributed by atoms with Gasteiger partial charge in [-0.3, -0.25) is 25.0 Å². The fourth-order valence-corrected chi connectivity index (χ4v) is 2.09. The maximum atomic E-state index is 11.2. The number of nitro benzene ring substituents is 2. The van der Waals surface area contributed by atoms with Crippen LogP contribution in [0.15, 0.2) is 52.7 Å². The second-order valence-corrected chi connectivity index (χ2v) is 5.13. The first-order valence-corrected chi connectivity index (χ1v) is 7.41. The van der Waals surface area contributed by atoms with Gasteiger partial charge in [-0.15, -0.1) is 5.11 Å². The molecule has 2 aromatic rings. The Bertz CT molecular complexity index is 881. The lowest BCUT2D eigenvalue weighted by atomic mass is 10.1. The molecule has 0 radical (unpaired) electrons. The molecular weight excluding hydrogens is 344 g/mol. The lowest BCUT2D eigenvalue weighted by molar-refractivity contribution is -0.393. The number of esters is 1. The van der Waals surface area contributed by atoms with Crippen molar-refractivity contribution < 1.29 is 19.4 Å². The van der Waals surface area contributed by atoms with E-state index in [1.165, 1.54) is 13.2 Å². The van der Waals surface area contributed by atoms with Crippen LogP contribution in [0.25, 0.3) is 0 Å². The number of aryl methyl sites for hydroxylation is 1. The number of non-ortho nitro benzene ring substituents is 1. The molecule has 0 aliphatic heterocycles. The Hall–Kier alpha value is -3.69.